The molecule has 3 N–H and O–H groups in total. The lowest BCUT2D eigenvalue weighted by molar-refractivity contribution is -0.141. The first-order valence-electron chi connectivity index (χ1n) is 6.04. The van der Waals surface area contributed by atoms with E-state index >= 15 is 0 Å². The molecule has 0 aliphatic heterocycles. The number of amides is 1. The number of hydrogen-bond donors (Lipinski definition) is 3. The summed E-state index contributed by atoms with van der Waals surface area (Å²) < 4.78 is 22.6. The van der Waals surface area contributed by atoms with Crippen molar-refractivity contribution in [2.75, 3.05) is 12.8 Å². The molecule has 1 aromatic carbocycles. The van der Waals surface area contributed by atoms with Gasteiger partial charge in [-0.2, -0.15) is 0 Å². The van der Waals surface area contributed by atoms with Crippen molar-refractivity contribution in [3.05, 3.63) is 29.8 Å². The van der Waals surface area contributed by atoms with Gasteiger partial charge in [-0.3, -0.25) is 9.59 Å². The zero-order chi connectivity index (χ0) is 16.3. The number of rotatable bonds is 6. The van der Waals surface area contributed by atoms with Crippen LogP contribution in [0.1, 0.15) is 23.7 Å². The highest BCUT2D eigenvalue weighted by Gasteiger charge is 2.25. The maximum atomic E-state index is 11.8. The summed E-state index contributed by atoms with van der Waals surface area (Å²) in [7, 11) is -3.33. The normalized spacial score (nSPS) is 14.2. The van der Waals surface area contributed by atoms with Crippen molar-refractivity contribution >= 4 is 21.7 Å². The van der Waals surface area contributed by atoms with Gasteiger partial charge < -0.3 is 15.5 Å². The molecule has 1 rings (SSSR count). The van der Waals surface area contributed by atoms with Crippen LogP contribution in [0.5, 0.6) is 0 Å². The SMILES string of the molecule is CC(O)(CNC(=O)c1ccc(S(C)(=O)=O)cc1)CC(=O)O. The monoisotopic (exact) mass is 315 g/mol. The van der Waals surface area contributed by atoms with Crippen LogP contribution in [0.25, 0.3) is 0 Å². The average Bonchev–Trinajstić information content (AvgIpc) is 2.33. The molecule has 7 nitrogen and oxygen atoms in total. The highest BCUT2D eigenvalue weighted by molar-refractivity contribution is 7.90. The van der Waals surface area contributed by atoms with Gasteiger partial charge in [0.1, 0.15) is 0 Å². The molecule has 0 fully saturated rings. The minimum absolute atomic E-state index is 0.0944. The summed E-state index contributed by atoms with van der Waals surface area (Å²) in [5, 5.41) is 20.8. The highest BCUT2D eigenvalue weighted by Crippen LogP contribution is 2.11. The largest absolute Gasteiger partial charge is 0.481 e. The van der Waals surface area contributed by atoms with Crippen LogP contribution < -0.4 is 5.32 Å². The Morgan fingerprint density at radius 2 is 1.76 bits per heavy atom. The molecule has 1 aromatic rings. The summed E-state index contributed by atoms with van der Waals surface area (Å²) in [4.78, 5) is 22.4. The molecule has 0 saturated carbocycles. The van der Waals surface area contributed by atoms with Gasteiger partial charge in [0.05, 0.1) is 16.9 Å². The van der Waals surface area contributed by atoms with E-state index in [1.165, 1.54) is 31.2 Å². The highest BCUT2D eigenvalue weighted by atomic mass is 32.2. The molecule has 0 aromatic heterocycles. The molecule has 8 heteroatoms. The van der Waals surface area contributed by atoms with Crippen molar-refractivity contribution in [1.29, 1.82) is 0 Å². The molecule has 0 aliphatic carbocycles. The quantitative estimate of drug-likeness (QED) is 0.682. The molecule has 1 unspecified atom stereocenters. The van der Waals surface area contributed by atoms with Gasteiger partial charge in [-0.25, -0.2) is 8.42 Å². The second kappa shape index (κ2) is 6.23. The van der Waals surface area contributed by atoms with E-state index in [0.29, 0.717) is 0 Å². The number of aliphatic hydroxyl groups is 1. The number of nitrogens with one attached hydrogen (secondary N) is 1. The number of carboxylic acid groups (broad SMARTS) is 1. The fourth-order valence-electron chi connectivity index (χ4n) is 1.61. The third-order valence-corrected chi connectivity index (χ3v) is 3.83. The van der Waals surface area contributed by atoms with E-state index in [-0.39, 0.29) is 17.0 Å². The molecule has 0 aliphatic rings. The molecule has 0 heterocycles. The first-order valence-corrected chi connectivity index (χ1v) is 7.93. The van der Waals surface area contributed by atoms with E-state index in [1.807, 2.05) is 0 Å². The molecule has 0 spiro atoms. The van der Waals surface area contributed by atoms with Crippen molar-refractivity contribution in [1.82, 2.24) is 5.32 Å². The molecule has 1 atom stereocenters. The minimum Gasteiger partial charge on any atom is -0.481 e. The van der Waals surface area contributed by atoms with Crippen molar-refractivity contribution in [3.63, 3.8) is 0 Å². The number of sulfone groups is 1. The third-order valence-electron chi connectivity index (χ3n) is 2.71. The predicted octanol–water partition coefficient (Wildman–Crippen LogP) is 0.0456. The lowest BCUT2D eigenvalue weighted by Gasteiger charge is -2.21. The van der Waals surface area contributed by atoms with Gasteiger partial charge in [0, 0.05) is 18.4 Å². The summed E-state index contributed by atoms with van der Waals surface area (Å²) in [6, 6.07) is 5.30. The van der Waals surface area contributed by atoms with Crippen LogP contribution in [0.3, 0.4) is 0 Å². The smallest absolute Gasteiger partial charge is 0.306 e. The molecule has 0 radical (unpaired) electrons. The number of carbonyl (C=O) groups excluding carboxylic acids is 1. The number of aliphatic carboxylic acids is 1. The van der Waals surface area contributed by atoms with Crippen LogP contribution >= 0.6 is 0 Å². The summed E-state index contributed by atoms with van der Waals surface area (Å²) in [6.07, 6.45) is 0.561. The fourth-order valence-corrected chi connectivity index (χ4v) is 2.25. The van der Waals surface area contributed by atoms with Crippen LogP contribution in [-0.4, -0.2) is 48.9 Å². The van der Waals surface area contributed by atoms with Gasteiger partial charge in [-0.15, -0.1) is 0 Å². The van der Waals surface area contributed by atoms with Crippen molar-refractivity contribution in [2.45, 2.75) is 23.8 Å². The van der Waals surface area contributed by atoms with Gasteiger partial charge in [-0.1, -0.05) is 0 Å². The van der Waals surface area contributed by atoms with Gasteiger partial charge in [0.25, 0.3) is 5.91 Å². The summed E-state index contributed by atoms with van der Waals surface area (Å²) >= 11 is 0. The topological polar surface area (TPSA) is 121 Å². The van der Waals surface area contributed by atoms with Crippen LogP contribution in [0, 0.1) is 0 Å². The first kappa shape index (κ1) is 17.1. The Labute approximate surface area is 122 Å². The maximum Gasteiger partial charge on any atom is 0.306 e. The van der Waals surface area contributed by atoms with Crippen molar-refractivity contribution in [3.8, 4) is 0 Å². The van der Waals surface area contributed by atoms with Crippen molar-refractivity contribution < 1.29 is 28.2 Å². The molecular formula is C13H17NO6S. The molecule has 1 amide bonds. The molecule has 21 heavy (non-hydrogen) atoms. The van der Waals surface area contributed by atoms with E-state index in [0.717, 1.165) is 6.26 Å². The summed E-state index contributed by atoms with van der Waals surface area (Å²) in [6.45, 7) is 1.07. The van der Waals surface area contributed by atoms with E-state index < -0.39 is 33.7 Å². The maximum absolute atomic E-state index is 11.8. The minimum atomic E-state index is -3.33. The second-order valence-corrected chi connectivity index (χ2v) is 7.06. The van der Waals surface area contributed by atoms with E-state index in [1.54, 1.807) is 0 Å². The van der Waals surface area contributed by atoms with Gasteiger partial charge in [-0.05, 0) is 31.2 Å². The van der Waals surface area contributed by atoms with E-state index in [4.69, 9.17) is 5.11 Å². The van der Waals surface area contributed by atoms with Crippen LogP contribution in [0.4, 0.5) is 0 Å². The van der Waals surface area contributed by atoms with Gasteiger partial charge in [0.2, 0.25) is 0 Å². The Balaban J connectivity index is 2.71. The Morgan fingerprint density at radius 3 is 2.19 bits per heavy atom. The number of hydrogen-bond acceptors (Lipinski definition) is 5. The van der Waals surface area contributed by atoms with Crippen LogP contribution in [0.2, 0.25) is 0 Å². The predicted molar refractivity (Wildman–Crippen MR) is 74.8 cm³/mol. The van der Waals surface area contributed by atoms with Crippen LogP contribution in [0.15, 0.2) is 29.2 Å². The lowest BCUT2D eigenvalue weighted by atomic mass is 10.0. The van der Waals surface area contributed by atoms with Crippen LogP contribution in [-0.2, 0) is 14.6 Å². The van der Waals surface area contributed by atoms with E-state index in [9.17, 15) is 23.1 Å². The third kappa shape index (κ3) is 5.52. The average molecular weight is 315 g/mol. The summed E-state index contributed by atoms with van der Waals surface area (Å²) in [5.74, 6) is -1.70. The zero-order valence-electron chi connectivity index (χ0n) is 11.7. The summed E-state index contributed by atoms with van der Waals surface area (Å²) in [5.41, 5.74) is -1.35. The Bertz CT molecular complexity index is 633. The zero-order valence-corrected chi connectivity index (χ0v) is 12.5. The molecular weight excluding hydrogens is 298 g/mol. The van der Waals surface area contributed by atoms with Gasteiger partial charge in [0.15, 0.2) is 9.84 Å². The fraction of sp³-hybridized carbons (Fsp3) is 0.385. The molecule has 116 valence electrons. The Morgan fingerprint density at radius 1 is 1.24 bits per heavy atom. The second-order valence-electron chi connectivity index (χ2n) is 5.05. The molecule has 0 saturated heterocycles. The van der Waals surface area contributed by atoms with Gasteiger partial charge >= 0.3 is 5.97 Å². The number of carboxylic acids is 1. The Hall–Kier alpha value is -1.93. The van der Waals surface area contributed by atoms with E-state index in [2.05, 4.69) is 5.32 Å². The molecule has 0 bridgehead atoms. The van der Waals surface area contributed by atoms with Crippen molar-refractivity contribution in [2.24, 2.45) is 0 Å². The number of benzene rings is 1. The first-order chi connectivity index (χ1) is 9.51. The lowest BCUT2D eigenvalue weighted by Crippen LogP contribution is -2.42. The standard InChI is InChI=1S/C13H17NO6S/c1-13(18,7-11(15)16)8-14-12(17)9-3-5-10(6-4-9)21(2,19)20/h3-6,18H,7-8H2,1-2H3,(H,14,17)(H,15,16). The Kier molecular flexibility index (Phi) is 5.08. The number of carbonyl (C=O) groups is 2.